The molecule has 2 saturated heterocycles. The summed E-state index contributed by atoms with van der Waals surface area (Å²) in [5.41, 5.74) is 5.85. The van der Waals surface area contributed by atoms with Crippen LogP contribution in [0.25, 0.3) is 33.6 Å². The number of benzene rings is 2. The van der Waals surface area contributed by atoms with Gasteiger partial charge in [0.15, 0.2) is 0 Å². The van der Waals surface area contributed by atoms with Crippen molar-refractivity contribution in [2.75, 3.05) is 68.5 Å². The summed E-state index contributed by atoms with van der Waals surface area (Å²) in [5.74, 6) is 1.38. The second kappa shape index (κ2) is 16.2. The van der Waals surface area contributed by atoms with Crippen LogP contribution in [-0.4, -0.2) is 106 Å². The number of aliphatic hydroxyl groups excluding tert-OH is 1. The number of furan rings is 1. The second-order valence-electron chi connectivity index (χ2n) is 13.9. The number of fused-ring (bicyclic) bond motifs is 1. The largest absolute Gasteiger partial charge is 0.494 e. The number of aryl methyl sites for hydroxylation is 1. The summed E-state index contributed by atoms with van der Waals surface area (Å²) in [5, 5.41) is 16.9. The molecule has 7 rings (SSSR count). The number of rotatable bonds is 13. The van der Waals surface area contributed by atoms with E-state index in [1.54, 1.807) is 19.6 Å². The number of nitrogens with zero attached hydrogens (tertiary/aromatic N) is 6. The first kappa shape index (κ1) is 36.1. The molecule has 0 atom stereocenters. The lowest BCUT2D eigenvalue weighted by Crippen LogP contribution is -2.54. The summed E-state index contributed by atoms with van der Waals surface area (Å²) >= 11 is 0. The molecule has 2 aliphatic rings. The third kappa shape index (κ3) is 8.07. The number of methoxy groups -OCH3 is 1. The molecule has 278 valence electrons. The van der Waals surface area contributed by atoms with Gasteiger partial charge >= 0.3 is 0 Å². The number of aliphatic hydroxyl groups is 1. The topological polar surface area (TPSA) is 148 Å². The fourth-order valence-electron chi connectivity index (χ4n) is 7.43. The van der Waals surface area contributed by atoms with Crippen molar-refractivity contribution in [1.82, 2.24) is 29.7 Å². The van der Waals surface area contributed by atoms with Crippen molar-refractivity contribution in [3.8, 4) is 28.4 Å². The third-order valence-corrected chi connectivity index (χ3v) is 10.4. The zero-order chi connectivity index (χ0) is 36.9. The van der Waals surface area contributed by atoms with Gasteiger partial charge in [-0.2, -0.15) is 0 Å². The fourth-order valence-corrected chi connectivity index (χ4v) is 7.43. The normalized spacial score (nSPS) is 16.0. The van der Waals surface area contributed by atoms with Gasteiger partial charge in [-0.25, -0.2) is 15.0 Å². The van der Waals surface area contributed by atoms with E-state index in [0.717, 1.165) is 91.5 Å². The highest BCUT2D eigenvalue weighted by Crippen LogP contribution is 2.40. The number of carbonyl (C=O) groups excluding carboxylic acids is 1. The number of hydrogen-bond donors (Lipinski definition) is 4. The summed E-state index contributed by atoms with van der Waals surface area (Å²) in [6.07, 6.45) is 7.89. The molecule has 1 amide bonds. The minimum Gasteiger partial charge on any atom is -0.494 e. The van der Waals surface area contributed by atoms with Crippen LogP contribution < -0.4 is 20.3 Å². The summed E-state index contributed by atoms with van der Waals surface area (Å²) in [6.45, 7) is 14.5. The summed E-state index contributed by atoms with van der Waals surface area (Å²) in [7, 11) is 1.63. The van der Waals surface area contributed by atoms with Gasteiger partial charge < -0.3 is 34.8 Å². The fraction of sp³-hybridized carbons (Fsp3) is 0.400. The van der Waals surface area contributed by atoms with Crippen molar-refractivity contribution >= 4 is 39.9 Å². The number of piperazine rings is 1. The van der Waals surface area contributed by atoms with E-state index < -0.39 is 0 Å². The number of H-pyrrole nitrogens is 1. The number of aromatic nitrogens is 4. The van der Waals surface area contributed by atoms with Crippen molar-refractivity contribution in [2.45, 2.75) is 51.6 Å². The van der Waals surface area contributed by atoms with E-state index in [0.29, 0.717) is 53.7 Å². The van der Waals surface area contributed by atoms with Crippen molar-refractivity contribution in [2.24, 2.45) is 0 Å². The standard InChI is InChI=1S/C40H49N9O4/c1-5-37(51)42-31-24-32(35(52-4)25-33(31)49-15-11-29(12-16-49)48-19-17-47(18-20-48)26(2)3)44-40-41-14-10-30(43-40)39-38(45-36(46-39)7-6-21-50)28-9-8-27-13-22-53-34(27)23-28/h5,8-10,13-14,22-26,29,50H,1,6-7,11-12,15-21H2,2-4H3,(H,42,51)(H,45,46)(H,41,43,44). The number of nitrogens with one attached hydrogen (secondary N) is 3. The molecule has 3 aromatic heterocycles. The highest BCUT2D eigenvalue weighted by atomic mass is 16.5. The minimum atomic E-state index is -0.296. The summed E-state index contributed by atoms with van der Waals surface area (Å²) in [6, 6.07) is 14.7. The van der Waals surface area contributed by atoms with Crippen molar-refractivity contribution in [1.29, 1.82) is 0 Å². The van der Waals surface area contributed by atoms with Gasteiger partial charge in [-0.3, -0.25) is 14.6 Å². The van der Waals surface area contributed by atoms with E-state index >= 15 is 0 Å². The average molecular weight is 720 g/mol. The molecular weight excluding hydrogens is 670 g/mol. The second-order valence-corrected chi connectivity index (χ2v) is 13.9. The average Bonchev–Trinajstić information content (AvgIpc) is 3.85. The van der Waals surface area contributed by atoms with Gasteiger partial charge in [-0.05, 0) is 63.5 Å². The first-order chi connectivity index (χ1) is 25.8. The molecule has 2 aromatic carbocycles. The SMILES string of the molecule is C=CC(=O)Nc1cc(Nc2nccc(-c3[nH]c(CCCO)nc3-c3ccc4ccoc4c3)n2)c(OC)cc1N1CCC(N2CCN(C(C)C)CC2)CC1. The van der Waals surface area contributed by atoms with Crippen LogP contribution in [0.1, 0.15) is 38.9 Å². The van der Waals surface area contributed by atoms with Crippen molar-refractivity contribution < 1.29 is 19.1 Å². The number of aromatic amines is 1. The lowest BCUT2D eigenvalue weighted by Gasteiger charge is -2.44. The molecule has 0 aliphatic carbocycles. The predicted molar refractivity (Wildman–Crippen MR) is 209 cm³/mol. The number of piperidine rings is 1. The van der Waals surface area contributed by atoms with Gasteiger partial charge in [0.2, 0.25) is 11.9 Å². The van der Waals surface area contributed by atoms with Crippen LogP contribution in [-0.2, 0) is 11.2 Å². The van der Waals surface area contributed by atoms with Crippen molar-refractivity contribution in [3.05, 3.63) is 73.4 Å². The van der Waals surface area contributed by atoms with Gasteiger partial charge in [-0.1, -0.05) is 18.7 Å². The Kier molecular flexibility index (Phi) is 11.0. The number of carbonyl (C=O) groups is 1. The van der Waals surface area contributed by atoms with Crippen LogP contribution in [0.2, 0.25) is 0 Å². The molecule has 13 heteroatoms. The molecular formula is C40H49N9O4. The van der Waals surface area contributed by atoms with Gasteiger partial charge in [0, 0.05) is 87.6 Å². The van der Waals surface area contributed by atoms with Gasteiger partial charge in [0.25, 0.3) is 0 Å². The first-order valence-electron chi connectivity index (χ1n) is 18.5. The van der Waals surface area contributed by atoms with Gasteiger partial charge in [0.05, 0.1) is 47.5 Å². The first-order valence-corrected chi connectivity index (χ1v) is 18.5. The van der Waals surface area contributed by atoms with Gasteiger partial charge in [-0.15, -0.1) is 0 Å². The predicted octanol–water partition coefficient (Wildman–Crippen LogP) is 6.08. The molecule has 0 radical (unpaired) electrons. The summed E-state index contributed by atoms with van der Waals surface area (Å²) < 4.78 is 11.6. The Morgan fingerprint density at radius 1 is 1.08 bits per heavy atom. The molecule has 13 nitrogen and oxygen atoms in total. The highest BCUT2D eigenvalue weighted by molar-refractivity contribution is 6.02. The number of ether oxygens (including phenoxy) is 1. The van der Waals surface area contributed by atoms with E-state index in [-0.39, 0.29) is 12.5 Å². The van der Waals surface area contributed by atoms with Crippen LogP contribution in [0.5, 0.6) is 5.75 Å². The zero-order valence-corrected chi connectivity index (χ0v) is 30.8. The van der Waals surface area contributed by atoms with Crippen LogP contribution in [0.3, 0.4) is 0 Å². The highest BCUT2D eigenvalue weighted by Gasteiger charge is 2.29. The molecule has 4 N–H and O–H groups in total. The molecule has 0 spiro atoms. The Hall–Kier alpha value is -5.24. The van der Waals surface area contributed by atoms with E-state index in [1.807, 2.05) is 42.5 Å². The van der Waals surface area contributed by atoms with E-state index in [2.05, 4.69) is 55.7 Å². The molecule has 5 aromatic rings. The van der Waals surface area contributed by atoms with E-state index in [4.69, 9.17) is 19.1 Å². The van der Waals surface area contributed by atoms with Crippen LogP contribution in [0, 0.1) is 0 Å². The lowest BCUT2D eigenvalue weighted by molar-refractivity contribution is -0.111. The maximum absolute atomic E-state index is 12.7. The Morgan fingerprint density at radius 2 is 1.89 bits per heavy atom. The Morgan fingerprint density at radius 3 is 2.62 bits per heavy atom. The number of imidazole rings is 1. The van der Waals surface area contributed by atoms with E-state index in [9.17, 15) is 9.90 Å². The quantitative estimate of drug-likeness (QED) is 0.105. The monoisotopic (exact) mass is 719 g/mol. The smallest absolute Gasteiger partial charge is 0.247 e. The van der Waals surface area contributed by atoms with E-state index in [1.165, 1.54) is 6.08 Å². The van der Waals surface area contributed by atoms with Crippen molar-refractivity contribution in [3.63, 3.8) is 0 Å². The maximum atomic E-state index is 12.7. The minimum absolute atomic E-state index is 0.0650. The van der Waals surface area contributed by atoms with Crippen LogP contribution in [0.4, 0.5) is 23.0 Å². The van der Waals surface area contributed by atoms with Crippen LogP contribution >= 0.6 is 0 Å². The Bertz CT molecular complexity index is 2040. The molecule has 2 aliphatic heterocycles. The molecule has 2 fully saturated rings. The lowest BCUT2D eigenvalue weighted by atomic mass is 10.0. The third-order valence-electron chi connectivity index (χ3n) is 10.4. The molecule has 0 bridgehead atoms. The Balaban J connectivity index is 1.14. The maximum Gasteiger partial charge on any atom is 0.247 e. The number of amides is 1. The summed E-state index contributed by atoms with van der Waals surface area (Å²) in [4.78, 5) is 38.0. The molecule has 0 unspecified atom stereocenters. The van der Waals surface area contributed by atoms with Crippen LogP contribution in [0.15, 0.2) is 72.0 Å². The molecule has 53 heavy (non-hydrogen) atoms. The number of anilines is 4. The molecule has 5 heterocycles. The molecule has 0 saturated carbocycles. The number of hydrogen-bond acceptors (Lipinski definition) is 11. The Labute approximate surface area is 310 Å². The van der Waals surface area contributed by atoms with Gasteiger partial charge in [0.1, 0.15) is 17.2 Å². The zero-order valence-electron chi connectivity index (χ0n) is 30.8.